The molecule has 0 aliphatic heterocycles. The van der Waals surface area contributed by atoms with E-state index in [-0.39, 0.29) is 5.91 Å². The second-order valence-corrected chi connectivity index (χ2v) is 7.18. The van der Waals surface area contributed by atoms with Crippen LogP contribution >= 0.6 is 0 Å². The minimum absolute atomic E-state index is 0.194. The van der Waals surface area contributed by atoms with Gasteiger partial charge in [0.25, 0.3) is 5.91 Å². The third-order valence-corrected chi connectivity index (χ3v) is 5.12. The topological polar surface area (TPSA) is 84.8 Å². The lowest BCUT2D eigenvalue weighted by molar-refractivity contribution is -0.605. The normalized spacial score (nSPS) is 10.7. The maximum absolute atomic E-state index is 13.0. The summed E-state index contributed by atoms with van der Waals surface area (Å²) in [5, 5.41) is 24.3. The standard InChI is InChI=1S/C24H20N4O2/c1-17-4-2-7-22-21(17)13-23(24(29)26-15-18-8-10-27(30)11-9-18)28(22)16-20-6-3-5-19(12-20)14-25/h2-13H,15-16H2,1H3,(H,26,29). The van der Waals surface area contributed by atoms with Crippen molar-refractivity contribution in [2.45, 2.75) is 20.0 Å². The summed E-state index contributed by atoms with van der Waals surface area (Å²) in [5.41, 5.74) is 4.99. The van der Waals surface area contributed by atoms with Crippen molar-refractivity contribution >= 4 is 16.8 Å². The first-order valence-corrected chi connectivity index (χ1v) is 9.59. The van der Waals surface area contributed by atoms with Crippen LogP contribution in [0.5, 0.6) is 0 Å². The Morgan fingerprint density at radius 1 is 1.10 bits per heavy atom. The molecule has 0 saturated carbocycles. The van der Waals surface area contributed by atoms with E-state index in [0.29, 0.717) is 29.1 Å². The van der Waals surface area contributed by atoms with Crippen LogP contribution < -0.4 is 10.0 Å². The molecule has 0 saturated heterocycles. The van der Waals surface area contributed by atoms with Crippen LogP contribution in [-0.2, 0) is 13.1 Å². The van der Waals surface area contributed by atoms with E-state index in [1.165, 1.54) is 12.4 Å². The molecule has 6 heteroatoms. The fourth-order valence-electron chi connectivity index (χ4n) is 3.55. The summed E-state index contributed by atoms with van der Waals surface area (Å²) in [4.78, 5) is 13.0. The number of nitrogens with zero attached hydrogens (tertiary/aromatic N) is 3. The van der Waals surface area contributed by atoms with E-state index in [9.17, 15) is 15.3 Å². The number of fused-ring (bicyclic) bond motifs is 1. The molecule has 148 valence electrons. The van der Waals surface area contributed by atoms with Crippen LogP contribution in [0.3, 0.4) is 0 Å². The summed E-state index contributed by atoms with van der Waals surface area (Å²) in [7, 11) is 0. The maximum Gasteiger partial charge on any atom is 0.268 e. The lowest BCUT2D eigenvalue weighted by Gasteiger charge is -2.12. The van der Waals surface area contributed by atoms with Gasteiger partial charge in [0.1, 0.15) is 5.69 Å². The minimum Gasteiger partial charge on any atom is -0.619 e. The van der Waals surface area contributed by atoms with Gasteiger partial charge in [0.05, 0.1) is 11.6 Å². The summed E-state index contributed by atoms with van der Waals surface area (Å²) in [6.45, 7) is 2.82. The number of rotatable bonds is 5. The van der Waals surface area contributed by atoms with Crippen LogP contribution in [-0.4, -0.2) is 10.5 Å². The highest BCUT2D eigenvalue weighted by Crippen LogP contribution is 2.25. The van der Waals surface area contributed by atoms with Crippen LogP contribution in [0.15, 0.2) is 73.1 Å². The first-order valence-electron chi connectivity index (χ1n) is 9.59. The van der Waals surface area contributed by atoms with Gasteiger partial charge < -0.3 is 15.1 Å². The molecule has 2 aromatic heterocycles. The molecule has 0 radical (unpaired) electrons. The molecule has 0 fully saturated rings. The van der Waals surface area contributed by atoms with Gasteiger partial charge in [-0.2, -0.15) is 9.99 Å². The summed E-state index contributed by atoms with van der Waals surface area (Å²) >= 11 is 0. The van der Waals surface area contributed by atoms with Crippen molar-refractivity contribution in [3.05, 3.63) is 106 Å². The molecule has 0 bridgehead atoms. The number of nitrogens with one attached hydrogen (secondary N) is 1. The van der Waals surface area contributed by atoms with Crippen molar-refractivity contribution in [1.82, 2.24) is 9.88 Å². The van der Waals surface area contributed by atoms with Crippen LogP contribution in [0.4, 0.5) is 0 Å². The minimum atomic E-state index is -0.194. The highest BCUT2D eigenvalue weighted by molar-refractivity contribution is 5.99. The molecule has 1 amide bonds. The SMILES string of the molecule is Cc1cccc2c1cc(C(=O)NCc1cc[n+]([O-])cc1)n2Cc1cccc(C#N)c1. The summed E-state index contributed by atoms with van der Waals surface area (Å²) in [6, 6.07) is 20.8. The Morgan fingerprint density at radius 3 is 2.63 bits per heavy atom. The van der Waals surface area contributed by atoms with Crippen LogP contribution in [0, 0.1) is 23.5 Å². The van der Waals surface area contributed by atoms with Gasteiger partial charge in [0, 0.05) is 36.1 Å². The van der Waals surface area contributed by atoms with E-state index < -0.39 is 0 Å². The van der Waals surface area contributed by atoms with Gasteiger partial charge in [0.2, 0.25) is 0 Å². The number of hydrogen-bond acceptors (Lipinski definition) is 3. The van der Waals surface area contributed by atoms with Crippen molar-refractivity contribution in [3.63, 3.8) is 0 Å². The predicted octanol–water partition coefficient (Wildman–Crippen LogP) is 3.43. The molecule has 2 aromatic carbocycles. The first-order chi connectivity index (χ1) is 14.5. The van der Waals surface area contributed by atoms with Gasteiger partial charge in [-0.15, -0.1) is 0 Å². The number of pyridine rings is 1. The average molecular weight is 396 g/mol. The number of carbonyl (C=O) groups excluding carboxylic acids is 1. The van der Waals surface area contributed by atoms with Crippen molar-refractivity contribution in [1.29, 1.82) is 5.26 Å². The molecule has 0 unspecified atom stereocenters. The number of carbonyl (C=O) groups is 1. The van der Waals surface area contributed by atoms with E-state index in [1.54, 1.807) is 18.2 Å². The largest absolute Gasteiger partial charge is 0.619 e. The van der Waals surface area contributed by atoms with Gasteiger partial charge in [0.15, 0.2) is 12.4 Å². The quantitative estimate of drug-likeness (QED) is 0.414. The number of amides is 1. The van der Waals surface area contributed by atoms with Crippen LogP contribution in [0.1, 0.15) is 32.7 Å². The molecule has 4 aromatic rings. The van der Waals surface area contributed by atoms with Gasteiger partial charge in [-0.25, -0.2) is 0 Å². The lowest BCUT2D eigenvalue weighted by Crippen LogP contribution is -2.27. The third-order valence-electron chi connectivity index (χ3n) is 5.12. The summed E-state index contributed by atoms with van der Waals surface area (Å²) < 4.78 is 2.69. The number of hydrogen-bond donors (Lipinski definition) is 1. The monoisotopic (exact) mass is 396 g/mol. The molecule has 1 N–H and O–H groups in total. The van der Waals surface area contributed by atoms with Gasteiger partial charge in [-0.1, -0.05) is 24.3 Å². The van der Waals surface area contributed by atoms with Gasteiger partial charge >= 0.3 is 0 Å². The zero-order valence-corrected chi connectivity index (χ0v) is 16.5. The highest BCUT2D eigenvalue weighted by Gasteiger charge is 2.17. The fraction of sp³-hybridized carbons (Fsp3) is 0.125. The van der Waals surface area contributed by atoms with Gasteiger partial charge in [-0.05, 0) is 47.9 Å². The molecule has 0 spiro atoms. The van der Waals surface area contributed by atoms with E-state index in [1.807, 2.05) is 54.0 Å². The zero-order chi connectivity index (χ0) is 21.1. The Balaban J connectivity index is 1.68. The Labute approximate surface area is 174 Å². The number of benzene rings is 2. The molecule has 0 aliphatic carbocycles. The maximum atomic E-state index is 13.0. The molecule has 2 heterocycles. The second kappa shape index (κ2) is 8.10. The molecular formula is C24H20N4O2. The Kier molecular flexibility index (Phi) is 5.19. The van der Waals surface area contributed by atoms with E-state index in [4.69, 9.17) is 0 Å². The number of aromatic nitrogens is 2. The molecular weight excluding hydrogens is 376 g/mol. The smallest absolute Gasteiger partial charge is 0.268 e. The molecule has 30 heavy (non-hydrogen) atoms. The Morgan fingerprint density at radius 2 is 1.87 bits per heavy atom. The van der Waals surface area contributed by atoms with Crippen molar-refractivity contribution < 1.29 is 9.52 Å². The summed E-state index contributed by atoms with van der Waals surface area (Å²) in [5.74, 6) is -0.194. The van der Waals surface area contributed by atoms with E-state index >= 15 is 0 Å². The first kappa shape index (κ1) is 19.2. The molecule has 0 aliphatic rings. The highest BCUT2D eigenvalue weighted by atomic mass is 16.5. The Bertz CT molecular complexity index is 1270. The average Bonchev–Trinajstić information content (AvgIpc) is 3.13. The Hall–Kier alpha value is -4.11. The molecule has 0 atom stereocenters. The predicted molar refractivity (Wildman–Crippen MR) is 114 cm³/mol. The number of aryl methyl sites for hydroxylation is 1. The van der Waals surface area contributed by atoms with E-state index in [0.717, 1.165) is 27.6 Å². The van der Waals surface area contributed by atoms with Crippen LogP contribution in [0.25, 0.3) is 10.9 Å². The zero-order valence-electron chi connectivity index (χ0n) is 16.5. The molecule has 6 nitrogen and oxygen atoms in total. The van der Waals surface area contributed by atoms with Crippen molar-refractivity contribution in [3.8, 4) is 6.07 Å². The second-order valence-electron chi connectivity index (χ2n) is 7.18. The van der Waals surface area contributed by atoms with Crippen molar-refractivity contribution in [2.24, 2.45) is 0 Å². The van der Waals surface area contributed by atoms with E-state index in [2.05, 4.69) is 11.4 Å². The summed E-state index contributed by atoms with van der Waals surface area (Å²) in [6.07, 6.45) is 2.81. The molecule has 4 rings (SSSR count). The van der Waals surface area contributed by atoms with Gasteiger partial charge in [-0.3, -0.25) is 4.79 Å². The van der Waals surface area contributed by atoms with Crippen molar-refractivity contribution in [2.75, 3.05) is 0 Å². The third kappa shape index (κ3) is 3.87. The number of nitriles is 1. The van der Waals surface area contributed by atoms with Crippen LogP contribution in [0.2, 0.25) is 0 Å². The lowest BCUT2D eigenvalue weighted by atomic mass is 10.1. The fourth-order valence-corrected chi connectivity index (χ4v) is 3.55.